The molecule has 6 N–H and O–H groups in total. The number of unbranched alkanes of at least 4 members (excludes halogenated alkanes) is 24. The molecule has 1 heterocycles. The van der Waals surface area contributed by atoms with Crippen molar-refractivity contribution in [3.8, 4) is 0 Å². The Kier molecular flexibility index (Phi) is 47.2. The summed E-state index contributed by atoms with van der Waals surface area (Å²) in [4.78, 5) is 13.1. The van der Waals surface area contributed by atoms with E-state index in [2.05, 4.69) is 104 Å². The standard InChI is InChI=1S/C62H107NO8/c1-3-5-7-9-11-13-15-17-19-21-23-25-27-28-30-32-34-36-38-40-42-44-46-48-50-52-58(66)63-55(54-70-62-61(69)60(68)59(67)57(53-64)71-62)56(65)51-49-47-45-43-41-39-37-35-33-31-29-26-24-22-20-18-16-14-12-10-8-6-4-2/h5,7,11,13,17,19,23,25,28,30,34,36,41,43,49,51,55-57,59-62,64-65,67-69H,3-4,6,8-10,12,14-16,18,20-22,24,26-27,29,31-33,35,37-40,42,44-48,50,52-54H2,1-2H3,(H,63,66)/b7-5-,13-11-,19-17-,25-23-,30-28-,36-34-,43-41+,51-49+. The molecule has 0 bridgehead atoms. The predicted molar refractivity (Wildman–Crippen MR) is 299 cm³/mol. The molecule has 1 saturated heterocycles. The molecule has 0 saturated carbocycles. The first-order valence-electron chi connectivity index (χ1n) is 29.0. The van der Waals surface area contributed by atoms with Crippen LogP contribution in [0.15, 0.2) is 97.2 Å². The van der Waals surface area contributed by atoms with Crippen LogP contribution in [0.1, 0.15) is 232 Å². The monoisotopic (exact) mass is 994 g/mol. The van der Waals surface area contributed by atoms with Gasteiger partial charge in [-0.3, -0.25) is 4.79 Å². The molecule has 9 heteroatoms. The van der Waals surface area contributed by atoms with Gasteiger partial charge in [-0.1, -0.05) is 239 Å². The Balaban J connectivity index is 2.29. The third-order valence-corrected chi connectivity index (χ3v) is 13.1. The lowest BCUT2D eigenvalue weighted by Crippen LogP contribution is -2.60. The molecule has 71 heavy (non-hydrogen) atoms. The lowest BCUT2D eigenvalue weighted by atomic mass is 9.99. The molecule has 1 fully saturated rings. The maximum absolute atomic E-state index is 13.1. The maximum Gasteiger partial charge on any atom is 0.220 e. The zero-order valence-electron chi connectivity index (χ0n) is 45.2. The third kappa shape index (κ3) is 40.2. The summed E-state index contributed by atoms with van der Waals surface area (Å²) in [6, 6.07) is -0.838. The molecule has 1 rings (SSSR count). The quantitative estimate of drug-likeness (QED) is 0.0261. The van der Waals surface area contributed by atoms with Crippen molar-refractivity contribution in [1.29, 1.82) is 0 Å². The number of amides is 1. The van der Waals surface area contributed by atoms with Crippen LogP contribution >= 0.6 is 0 Å². The number of aliphatic hydroxyl groups is 5. The molecule has 0 aromatic heterocycles. The molecule has 0 aromatic rings. The van der Waals surface area contributed by atoms with Crippen LogP contribution in [0, 0.1) is 0 Å². The predicted octanol–water partition coefficient (Wildman–Crippen LogP) is 14.4. The van der Waals surface area contributed by atoms with Crippen molar-refractivity contribution in [2.24, 2.45) is 0 Å². The molecule has 0 spiro atoms. The molecule has 1 aliphatic rings. The summed E-state index contributed by atoms with van der Waals surface area (Å²) in [6.45, 7) is 3.65. The first-order valence-corrected chi connectivity index (χ1v) is 29.0. The van der Waals surface area contributed by atoms with Gasteiger partial charge < -0.3 is 40.3 Å². The fraction of sp³-hybridized carbons (Fsp3) is 0.726. The van der Waals surface area contributed by atoms with Crippen molar-refractivity contribution in [2.45, 2.75) is 275 Å². The van der Waals surface area contributed by atoms with Crippen molar-refractivity contribution in [2.75, 3.05) is 13.2 Å². The molecule has 0 aliphatic carbocycles. The van der Waals surface area contributed by atoms with Gasteiger partial charge in [-0.05, 0) is 83.5 Å². The SMILES string of the molecule is CC/C=C\C/C=C\C/C=C\C/C=C\C/C=C\C/C=C\CCCCCCCCC(=O)NC(COC1OC(CO)C(O)C(O)C1O)C(O)/C=C/CC/C=C/CCCCCCCCCCCCCCCCCCC. The first-order chi connectivity index (χ1) is 34.8. The highest BCUT2D eigenvalue weighted by Gasteiger charge is 2.44. The van der Waals surface area contributed by atoms with Crippen LogP contribution in [0.3, 0.4) is 0 Å². The summed E-state index contributed by atoms with van der Waals surface area (Å²) in [6.07, 6.45) is 66.1. The molecular weight excluding hydrogens is 887 g/mol. The number of hydrogen-bond acceptors (Lipinski definition) is 8. The smallest absolute Gasteiger partial charge is 0.220 e. The molecule has 9 nitrogen and oxygen atoms in total. The molecule has 7 atom stereocenters. The Hall–Kier alpha value is -2.89. The van der Waals surface area contributed by atoms with Gasteiger partial charge in [-0.15, -0.1) is 0 Å². The van der Waals surface area contributed by atoms with E-state index in [-0.39, 0.29) is 12.5 Å². The maximum atomic E-state index is 13.1. The van der Waals surface area contributed by atoms with Crippen molar-refractivity contribution in [3.63, 3.8) is 0 Å². The van der Waals surface area contributed by atoms with Crippen molar-refractivity contribution >= 4 is 5.91 Å². The van der Waals surface area contributed by atoms with Crippen molar-refractivity contribution in [1.82, 2.24) is 5.32 Å². The number of rotatable bonds is 48. The second-order valence-corrected chi connectivity index (χ2v) is 19.7. The molecular formula is C62H107NO8. The molecule has 0 radical (unpaired) electrons. The number of carbonyl (C=O) groups is 1. The lowest BCUT2D eigenvalue weighted by molar-refractivity contribution is -0.302. The van der Waals surface area contributed by atoms with E-state index in [0.717, 1.165) is 103 Å². The third-order valence-electron chi connectivity index (χ3n) is 13.1. The molecule has 7 unspecified atom stereocenters. The Labute approximate surface area is 434 Å². The van der Waals surface area contributed by atoms with E-state index in [4.69, 9.17) is 9.47 Å². The summed E-state index contributed by atoms with van der Waals surface area (Å²) in [5, 5.41) is 54.5. The first kappa shape index (κ1) is 66.1. The van der Waals surface area contributed by atoms with E-state index in [1.54, 1.807) is 6.08 Å². The normalized spacial score (nSPS) is 20.0. The summed E-state index contributed by atoms with van der Waals surface area (Å²) in [5.74, 6) is -0.204. The highest BCUT2D eigenvalue weighted by molar-refractivity contribution is 5.76. The number of hydrogen-bond donors (Lipinski definition) is 6. The van der Waals surface area contributed by atoms with Crippen LogP contribution in [-0.4, -0.2) is 87.5 Å². The van der Waals surface area contributed by atoms with Crippen molar-refractivity contribution < 1.29 is 39.8 Å². The van der Waals surface area contributed by atoms with Crippen LogP contribution in [0.25, 0.3) is 0 Å². The fourth-order valence-electron chi connectivity index (χ4n) is 8.59. The van der Waals surface area contributed by atoms with Crippen LogP contribution in [-0.2, 0) is 14.3 Å². The van der Waals surface area contributed by atoms with Gasteiger partial charge in [-0.25, -0.2) is 0 Å². The van der Waals surface area contributed by atoms with E-state index in [9.17, 15) is 30.3 Å². The van der Waals surface area contributed by atoms with E-state index < -0.39 is 49.5 Å². The molecule has 1 amide bonds. The van der Waals surface area contributed by atoms with Gasteiger partial charge in [0.25, 0.3) is 0 Å². The number of carbonyl (C=O) groups excluding carboxylic acids is 1. The van der Waals surface area contributed by atoms with E-state index in [0.29, 0.717) is 6.42 Å². The molecule has 408 valence electrons. The summed E-state index contributed by atoms with van der Waals surface area (Å²) in [7, 11) is 0. The minimum Gasteiger partial charge on any atom is -0.394 e. The number of aliphatic hydroxyl groups excluding tert-OH is 5. The van der Waals surface area contributed by atoms with Gasteiger partial charge in [0.15, 0.2) is 6.29 Å². The second kappa shape index (κ2) is 50.6. The topological polar surface area (TPSA) is 149 Å². The number of nitrogens with one attached hydrogen (secondary N) is 1. The summed E-state index contributed by atoms with van der Waals surface area (Å²) in [5.41, 5.74) is 0. The summed E-state index contributed by atoms with van der Waals surface area (Å²) >= 11 is 0. The molecule has 0 aromatic carbocycles. The number of allylic oxidation sites excluding steroid dienone is 15. The van der Waals surface area contributed by atoms with Crippen LogP contribution in [0.2, 0.25) is 0 Å². The van der Waals surface area contributed by atoms with Crippen LogP contribution in [0.5, 0.6) is 0 Å². The van der Waals surface area contributed by atoms with Gasteiger partial charge in [0.2, 0.25) is 5.91 Å². The zero-order valence-corrected chi connectivity index (χ0v) is 45.2. The van der Waals surface area contributed by atoms with Crippen LogP contribution < -0.4 is 5.32 Å². The van der Waals surface area contributed by atoms with Gasteiger partial charge >= 0.3 is 0 Å². The lowest BCUT2D eigenvalue weighted by Gasteiger charge is -2.40. The average molecular weight is 995 g/mol. The zero-order chi connectivity index (χ0) is 51.5. The number of ether oxygens (including phenoxy) is 2. The molecule has 1 aliphatic heterocycles. The fourth-order valence-corrected chi connectivity index (χ4v) is 8.59. The Morgan fingerprint density at radius 1 is 0.493 bits per heavy atom. The van der Waals surface area contributed by atoms with E-state index >= 15 is 0 Å². The summed E-state index contributed by atoms with van der Waals surface area (Å²) < 4.78 is 11.3. The highest BCUT2D eigenvalue weighted by atomic mass is 16.7. The Bertz CT molecular complexity index is 1430. The van der Waals surface area contributed by atoms with Crippen molar-refractivity contribution in [3.05, 3.63) is 97.2 Å². The van der Waals surface area contributed by atoms with E-state index in [1.807, 2.05) is 6.08 Å². The van der Waals surface area contributed by atoms with Gasteiger partial charge in [0, 0.05) is 6.42 Å². The largest absolute Gasteiger partial charge is 0.394 e. The Morgan fingerprint density at radius 3 is 1.35 bits per heavy atom. The minimum atomic E-state index is -1.58. The van der Waals surface area contributed by atoms with Crippen LogP contribution in [0.4, 0.5) is 0 Å². The Morgan fingerprint density at radius 2 is 0.887 bits per heavy atom. The van der Waals surface area contributed by atoms with Gasteiger partial charge in [0.1, 0.15) is 24.4 Å². The van der Waals surface area contributed by atoms with Gasteiger partial charge in [-0.2, -0.15) is 0 Å². The average Bonchev–Trinajstić information content (AvgIpc) is 3.37. The minimum absolute atomic E-state index is 0.204. The second-order valence-electron chi connectivity index (χ2n) is 19.7. The van der Waals surface area contributed by atoms with E-state index in [1.165, 1.54) is 109 Å². The van der Waals surface area contributed by atoms with Gasteiger partial charge in [0.05, 0.1) is 25.4 Å². The highest BCUT2D eigenvalue weighted by Crippen LogP contribution is 2.23.